The first-order valence-electron chi connectivity index (χ1n) is 0.577. The second-order valence-corrected chi connectivity index (χ2v) is 0. The third-order valence-corrected chi connectivity index (χ3v) is 0. The standard InChI is InChI=1S/Al.BH3Si.Li.Na.5H/c;1-2;;;;;;;/h;2H3;;;;;;;/q;;2*+1;;;;2*-1. The second kappa shape index (κ2) is 32.3. The predicted octanol–water partition coefficient (Wildman–Crippen LogP) is -8.52. The van der Waals surface area contributed by atoms with Crippen LogP contribution in [0.5, 0.6) is 0 Å². The van der Waals surface area contributed by atoms with Gasteiger partial charge in [0.2, 0.25) is 0 Å². The van der Waals surface area contributed by atoms with Gasteiger partial charge in [-0.3, -0.25) is 0 Å². The van der Waals surface area contributed by atoms with Crippen LogP contribution in [0.1, 0.15) is 2.85 Å². The summed E-state index contributed by atoms with van der Waals surface area (Å²) in [5.74, 6) is 0. The van der Waals surface area contributed by atoms with Crippen molar-refractivity contribution in [2.24, 2.45) is 0 Å². The molecule has 0 aliphatic carbocycles. The molecule has 5 heavy (non-hydrogen) atoms. The molecule has 0 aliphatic heterocycles. The van der Waals surface area contributed by atoms with Crippen molar-refractivity contribution in [1.29, 1.82) is 0 Å². The molecule has 0 unspecified atom stereocenters. The van der Waals surface area contributed by atoms with Crippen molar-refractivity contribution in [3.8, 4) is 0 Å². The summed E-state index contributed by atoms with van der Waals surface area (Å²) in [6.45, 7) is 0. The summed E-state index contributed by atoms with van der Waals surface area (Å²) in [5.41, 5.74) is 0. The average Bonchev–Trinajstić information content (AvgIpc) is 1.00. The Morgan fingerprint density at radius 1 is 1.40 bits per heavy atom. The SMILES string of the molecule is [AlH3].[B][SiH3].[H-].[H-].[Li+].[Na+]. The van der Waals surface area contributed by atoms with Crippen LogP contribution < -0.4 is 48.4 Å². The van der Waals surface area contributed by atoms with Crippen LogP contribution in [0.4, 0.5) is 0 Å². The van der Waals surface area contributed by atoms with Crippen LogP contribution in [0.15, 0.2) is 0 Å². The predicted molar refractivity (Wildman–Crippen MR) is 27.9 cm³/mol. The molecule has 0 nitrogen and oxygen atoms in total. The maximum atomic E-state index is 4.64. The van der Waals surface area contributed by atoms with Gasteiger partial charge in [-0.15, -0.1) is 0 Å². The summed E-state index contributed by atoms with van der Waals surface area (Å²) >= 11 is 0. The summed E-state index contributed by atoms with van der Waals surface area (Å²) in [6.07, 6.45) is 0. The zero-order valence-corrected chi connectivity index (χ0v) is 7.58. The van der Waals surface area contributed by atoms with E-state index in [0.29, 0.717) is 0 Å². The molecule has 0 heterocycles. The van der Waals surface area contributed by atoms with Gasteiger partial charge in [-0.25, -0.2) is 0 Å². The Balaban J connectivity index is -0.000000000500. The zero-order valence-electron chi connectivity index (χ0n) is 5.58. The van der Waals surface area contributed by atoms with Crippen molar-refractivity contribution in [2.45, 2.75) is 0 Å². The maximum absolute atomic E-state index is 4.64. The van der Waals surface area contributed by atoms with Crippen LogP contribution in [-0.2, 0) is 0 Å². The molecule has 0 aliphatic rings. The molecule has 0 spiro atoms. The molecule has 0 fully saturated rings. The first-order valence-corrected chi connectivity index (χ1v) is 1.73. The molecule has 0 amide bonds. The Hall–Kier alpha value is 2.41. The first kappa shape index (κ1) is 26.2. The van der Waals surface area contributed by atoms with Crippen LogP contribution >= 0.6 is 0 Å². The van der Waals surface area contributed by atoms with E-state index in [0.717, 1.165) is 10.1 Å². The van der Waals surface area contributed by atoms with E-state index in [2.05, 4.69) is 7.44 Å². The molecule has 0 saturated heterocycles. The maximum Gasteiger partial charge on any atom is 1.00 e. The van der Waals surface area contributed by atoms with Gasteiger partial charge in [-0.1, -0.05) is 0 Å². The van der Waals surface area contributed by atoms with E-state index >= 15 is 0 Å². The quantitative estimate of drug-likeness (QED) is 0.268. The minimum atomic E-state index is 0. The first-order chi connectivity index (χ1) is 1.00. The Kier molecular flexibility index (Phi) is 169. The van der Waals surface area contributed by atoms with Crippen LogP contribution in [0.2, 0.25) is 0 Å². The van der Waals surface area contributed by atoms with E-state index in [1.54, 1.807) is 0 Å². The summed E-state index contributed by atoms with van der Waals surface area (Å²) in [4.78, 5) is 0. The molecule has 20 valence electrons. The van der Waals surface area contributed by atoms with Crippen LogP contribution in [0, 0.1) is 0 Å². The van der Waals surface area contributed by atoms with Crippen molar-refractivity contribution in [3.05, 3.63) is 0 Å². The molecule has 0 bridgehead atoms. The van der Waals surface area contributed by atoms with Crippen molar-refractivity contribution < 1.29 is 51.3 Å². The van der Waals surface area contributed by atoms with Gasteiger partial charge in [-0.2, -0.15) is 0 Å². The molecule has 2 radical (unpaired) electrons. The van der Waals surface area contributed by atoms with Crippen molar-refractivity contribution >= 4 is 34.9 Å². The molecule has 0 rings (SSSR count). The van der Waals surface area contributed by atoms with Crippen LogP contribution in [0.25, 0.3) is 0 Å². The summed E-state index contributed by atoms with van der Waals surface area (Å²) in [5, 5.41) is 0. The minimum absolute atomic E-state index is 0. The fourth-order valence-electron chi connectivity index (χ4n) is 0. The number of hydrogen-bond donors (Lipinski definition) is 0. The average molecular weight is 104 g/mol. The van der Waals surface area contributed by atoms with Crippen molar-refractivity contribution in [1.82, 2.24) is 0 Å². The Morgan fingerprint density at radius 2 is 1.40 bits per heavy atom. The molecule has 0 aromatic rings. The van der Waals surface area contributed by atoms with Gasteiger partial charge in [-0.05, 0) is 10.1 Å². The van der Waals surface area contributed by atoms with E-state index in [1.807, 2.05) is 0 Å². The summed E-state index contributed by atoms with van der Waals surface area (Å²) in [7, 11) is 5.44. The van der Waals surface area contributed by atoms with Gasteiger partial charge < -0.3 is 2.85 Å². The number of hydrogen-bond acceptors (Lipinski definition) is 0. The largest absolute Gasteiger partial charge is 1.00 e. The molecule has 5 heteroatoms. The summed E-state index contributed by atoms with van der Waals surface area (Å²) in [6, 6.07) is 0. The van der Waals surface area contributed by atoms with Gasteiger partial charge >= 0.3 is 48.4 Å². The molecule has 0 aromatic carbocycles. The van der Waals surface area contributed by atoms with Crippen molar-refractivity contribution in [2.75, 3.05) is 0 Å². The molecule has 0 atom stereocenters. The minimum Gasteiger partial charge on any atom is -1.00 e. The monoisotopic (exact) mass is 104 g/mol. The van der Waals surface area contributed by atoms with Gasteiger partial charge in [0, 0.05) is 7.44 Å². The molecular formula is H8AlBLiNaSi. The van der Waals surface area contributed by atoms with E-state index in [1.165, 1.54) is 0 Å². The normalized spacial score (nSPS) is 1.60. The van der Waals surface area contributed by atoms with Gasteiger partial charge in [0.15, 0.2) is 17.4 Å². The third-order valence-electron chi connectivity index (χ3n) is 0. The van der Waals surface area contributed by atoms with Crippen molar-refractivity contribution in [3.63, 3.8) is 0 Å². The topological polar surface area (TPSA) is 0 Å². The molecule has 0 aromatic heterocycles. The van der Waals surface area contributed by atoms with Crippen LogP contribution in [-0.4, -0.2) is 34.9 Å². The summed E-state index contributed by atoms with van der Waals surface area (Å²) < 4.78 is 0. The smallest absolute Gasteiger partial charge is 1.00 e. The fraction of sp³-hybridized carbons (Fsp3) is 0. The second-order valence-electron chi connectivity index (χ2n) is 0. The van der Waals surface area contributed by atoms with Gasteiger partial charge in [0.25, 0.3) is 0 Å². The van der Waals surface area contributed by atoms with E-state index < -0.39 is 0 Å². The van der Waals surface area contributed by atoms with E-state index in [9.17, 15) is 0 Å². The zero-order chi connectivity index (χ0) is 2.00. The van der Waals surface area contributed by atoms with Gasteiger partial charge in [0.1, 0.15) is 0 Å². The van der Waals surface area contributed by atoms with E-state index in [4.69, 9.17) is 0 Å². The number of rotatable bonds is 0. The Labute approximate surface area is 85.2 Å². The van der Waals surface area contributed by atoms with Gasteiger partial charge in [0.05, 0.1) is 0 Å². The molecule has 0 saturated carbocycles. The van der Waals surface area contributed by atoms with E-state index in [-0.39, 0.29) is 68.6 Å². The fourth-order valence-corrected chi connectivity index (χ4v) is 0. The molecule has 0 N–H and O–H groups in total. The third kappa shape index (κ3) is 21.5. The van der Waals surface area contributed by atoms with Crippen LogP contribution in [0.3, 0.4) is 0 Å². The Bertz CT molecular complexity index is 17.7. The molecular weight excluding hydrogens is 95.8 g/mol. The Morgan fingerprint density at radius 3 is 1.40 bits per heavy atom.